The van der Waals surface area contributed by atoms with Gasteiger partial charge in [0.1, 0.15) is 12.4 Å². The van der Waals surface area contributed by atoms with Gasteiger partial charge in [-0.2, -0.15) is 5.06 Å². The van der Waals surface area contributed by atoms with Crippen LogP contribution in [0.2, 0.25) is 10.0 Å². The van der Waals surface area contributed by atoms with E-state index >= 15 is 0 Å². The number of benzene rings is 2. The average Bonchev–Trinajstić information content (AvgIpc) is 2.59. The zero-order valence-electron chi connectivity index (χ0n) is 13.3. The summed E-state index contributed by atoms with van der Waals surface area (Å²) in [7, 11) is 1.17. The van der Waals surface area contributed by atoms with Crippen molar-refractivity contribution in [3.8, 4) is 5.75 Å². The Labute approximate surface area is 150 Å². The maximum absolute atomic E-state index is 11.5. The van der Waals surface area contributed by atoms with Crippen LogP contribution in [0.5, 0.6) is 5.75 Å². The Morgan fingerprint density at radius 2 is 1.96 bits per heavy atom. The van der Waals surface area contributed by atoms with Crippen LogP contribution >= 0.6 is 23.2 Å². The Kier molecular flexibility index (Phi) is 6.31. The first-order valence-electron chi connectivity index (χ1n) is 7.23. The molecule has 0 aliphatic carbocycles. The Bertz CT molecular complexity index is 737. The predicted molar refractivity (Wildman–Crippen MR) is 93.3 cm³/mol. The highest BCUT2D eigenvalue weighted by Crippen LogP contribution is 2.31. The molecule has 0 aliphatic heterocycles. The van der Waals surface area contributed by atoms with Crippen molar-refractivity contribution >= 4 is 35.0 Å². The van der Waals surface area contributed by atoms with Crippen LogP contribution in [0.4, 0.5) is 10.5 Å². The summed E-state index contributed by atoms with van der Waals surface area (Å²) < 4.78 is 10.2. The van der Waals surface area contributed by atoms with Crippen LogP contribution in [-0.2, 0) is 17.8 Å². The minimum absolute atomic E-state index is 0.0221. The van der Waals surface area contributed by atoms with E-state index in [1.54, 1.807) is 18.2 Å². The molecule has 24 heavy (non-hydrogen) atoms. The molecule has 0 spiro atoms. The summed E-state index contributed by atoms with van der Waals surface area (Å²) in [6.45, 7) is 2.05. The highest BCUT2D eigenvalue weighted by Gasteiger charge is 2.19. The zero-order valence-corrected chi connectivity index (χ0v) is 14.8. The Balaban J connectivity index is 2.25. The normalized spacial score (nSPS) is 10.4. The number of rotatable bonds is 5. The molecule has 128 valence electrons. The second-order valence-corrected chi connectivity index (χ2v) is 5.74. The molecule has 1 amide bonds. The third-order valence-corrected chi connectivity index (χ3v) is 4.10. The van der Waals surface area contributed by atoms with Crippen molar-refractivity contribution in [1.82, 2.24) is 0 Å². The number of hydroxylamine groups is 1. The summed E-state index contributed by atoms with van der Waals surface area (Å²) in [5.41, 5.74) is 1.70. The van der Waals surface area contributed by atoms with E-state index in [0.717, 1.165) is 12.0 Å². The molecule has 0 saturated heterocycles. The van der Waals surface area contributed by atoms with Crippen LogP contribution in [-0.4, -0.2) is 18.4 Å². The molecular weight excluding hydrogens is 353 g/mol. The molecule has 2 rings (SSSR count). The van der Waals surface area contributed by atoms with Gasteiger partial charge in [0.05, 0.1) is 17.8 Å². The first-order valence-corrected chi connectivity index (χ1v) is 7.99. The molecule has 7 heteroatoms. The van der Waals surface area contributed by atoms with Crippen molar-refractivity contribution in [3.63, 3.8) is 0 Å². The number of aryl methyl sites for hydroxylation is 1. The summed E-state index contributed by atoms with van der Waals surface area (Å²) in [6, 6.07) is 10.3. The topological polar surface area (TPSA) is 59.0 Å². The van der Waals surface area contributed by atoms with E-state index in [-0.39, 0.29) is 12.3 Å². The lowest BCUT2D eigenvalue weighted by molar-refractivity contribution is 0.140. The molecule has 0 saturated carbocycles. The Morgan fingerprint density at radius 3 is 2.58 bits per heavy atom. The van der Waals surface area contributed by atoms with E-state index in [4.69, 9.17) is 27.9 Å². The van der Waals surface area contributed by atoms with Gasteiger partial charge in [-0.3, -0.25) is 5.21 Å². The SMILES string of the molecule is CCc1ccc(OCc2c(Cl)cccc2N(O)C(=O)OC)c(Cl)c1. The number of methoxy groups -OCH3 is 1. The van der Waals surface area contributed by atoms with Gasteiger partial charge in [0.2, 0.25) is 0 Å². The number of carbonyl (C=O) groups is 1. The minimum Gasteiger partial charge on any atom is -0.487 e. The van der Waals surface area contributed by atoms with E-state index in [1.807, 2.05) is 19.1 Å². The maximum atomic E-state index is 11.5. The number of hydrogen-bond acceptors (Lipinski definition) is 4. The second kappa shape index (κ2) is 8.24. The molecule has 0 fully saturated rings. The second-order valence-electron chi connectivity index (χ2n) is 4.93. The number of anilines is 1. The van der Waals surface area contributed by atoms with Crippen LogP contribution in [0.3, 0.4) is 0 Å². The molecule has 0 atom stereocenters. The van der Waals surface area contributed by atoms with Gasteiger partial charge in [-0.15, -0.1) is 0 Å². The number of ether oxygens (including phenoxy) is 2. The van der Waals surface area contributed by atoms with Crippen LogP contribution in [0.15, 0.2) is 36.4 Å². The van der Waals surface area contributed by atoms with Crippen molar-refractivity contribution in [3.05, 3.63) is 57.6 Å². The molecular formula is C17H17Cl2NO4. The molecule has 0 unspecified atom stereocenters. The molecule has 0 bridgehead atoms. The van der Waals surface area contributed by atoms with Gasteiger partial charge in [0.25, 0.3) is 0 Å². The van der Waals surface area contributed by atoms with Crippen LogP contribution in [0.25, 0.3) is 0 Å². The smallest absolute Gasteiger partial charge is 0.438 e. The van der Waals surface area contributed by atoms with Crippen molar-refractivity contribution in [2.45, 2.75) is 20.0 Å². The van der Waals surface area contributed by atoms with Gasteiger partial charge in [0.15, 0.2) is 0 Å². The number of nitrogens with zero attached hydrogens (tertiary/aromatic N) is 1. The molecule has 2 aromatic carbocycles. The van der Waals surface area contributed by atoms with E-state index in [2.05, 4.69) is 4.74 Å². The fourth-order valence-electron chi connectivity index (χ4n) is 2.10. The first kappa shape index (κ1) is 18.4. The van der Waals surface area contributed by atoms with E-state index in [1.165, 1.54) is 13.2 Å². The summed E-state index contributed by atoms with van der Waals surface area (Å²) in [5.74, 6) is 0.488. The molecule has 0 aliphatic rings. The quantitative estimate of drug-likeness (QED) is 0.588. The third kappa shape index (κ3) is 4.12. The summed E-state index contributed by atoms with van der Waals surface area (Å²) >= 11 is 12.4. The highest BCUT2D eigenvalue weighted by atomic mass is 35.5. The third-order valence-electron chi connectivity index (χ3n) is 3.45. The van der Waals surface area contributed by atoms with E-state index < -0.39 is 6.09 Å². The van der Waals surface area contributed by atoms with Gasteiger partial charge in [-0.25, -0.2) is 4.79 Å². The van der Waals surface area contributed by atoms with Gasteiger partial charge < -0.3 is 9.47 Å². The number of carbonyl (C=O) groups excluding carboxylic acids is 1. The number of hydrogen-bond donors (Lipinski definition) is 1. The Hall–Kier alpha value is -1.95. The van der Waals surface area contributed by atoms with Crippen molar-refractivity contribution in [2.24, 2.45) is 0 Å². The fraction of sp³-hybridized carbons (Fsp3) is 0.235. The summed E-state index contributed by atoms with van der Waals surface area (Å²) in [6.07, 6.45) is -0.0587. The van der Waals surface area contributed by atoms with Crippen LogP contribution < -0.4 is 9.80 Å². The molecule has 0 aromatic heterocycles. The monoisotopic (exact) mass is 369 g/mol. The molecule has 5 nitrogen and oxygen atoms in total. The van der Waals surface area contributed by atoms with Crippen molar-refractivity contribution < 1.29 is 19.5 Å². The lowest BCUT2D eigenvalue weighted by atomic mass is 10.1. The minimum atomic E-state index is -0.927. The highest BCUT2D eigenvalue weighted by molar-refractivity contribution is 6.32. The zero-order chi connectivity index (χ0) is 17.7. The average molecular weight is 370 g/mol. The lowest BCUT2D eigenvalue weighted by Crippen LogP contribution is -2.28. The fourth-order valence-corrected chi connectivity index (χ4v) is 2.59. The van der Waals surface area contributed by atoms with Gasteiger partial charge in [0, 0.05) is 10.6 Å². The number of amides is 1. The molecule has 2 aromatic rings. The summed E-state index contributed by atoms with van der Waals surface area (Å²) in [5, 5.41) is 11.1. The largest absolute Gasteiger partial charge is 0.487 e. The maximum Gasteiger partial charge on any atom is 0.438 e. The molecule has 1 N–H and O–H groups in total. The van der Waals surface area contributed by atoms with Crippen molar-refractivity contribution in [2.75, 3.05) is 12.2 Å². The van der Waals surface area contributed by atoms with Gasteiger partial charge in [-0.05, 0) is 36.2 Å². The van der Waals surface area contributed by atoms with Gasteiger partial charge >= 0.3 is 6.09 Å². The van der Waals surface area contributed by atoms with Crippen molar-refractivity contribution in [1.29, 1.82) is 0 Å². The van der Waals surface area contributed by atoms with E-state index in [0.29, 0.717) is 26.4 Å². The summed E-state index contributed by atoms with van der Waals surface area (Å²) in [4.78, 5) is 11.5. The van der Waals surface area contributed by atoms with Crippen LogP contribution in [0.1, 0.15) is 18.1 Å². The number of halogens is 2. The Morgan fingerprint density at radius 1 is 1.21 bits per heavy atom. The predicted octanol–water partition coefficient (Wildman–Crippen LogP) is 5.10. The van der Waals surface area contributed by atoms with Crippen LogP contribution in [0, 0.1) is 0 Å². The van der Waals surface area contributed by atoms with Gasteiger partial charge in [-0.1, -0.05) is 42.3 Å². The molecule has 0 radical (unpaired) electrons. The molecule has 0 heterocycles. The standard InChI is InChI=1S/C17H17Cl2NO4/c1-3-11-7-8-16(14(19)9-11)24-10-12-13(18)5-4-6-15(12)20(22)17(21)23-2/h4-9,22H,3,10H2,1-2H3. The first-order chi connectivity index (χ1) is 11.5. The van der Waals surface area contributed by atoms with E-state index in [9.17, 15) is 10.0 Å². The lowest BCUT2D eigenvalue weighted by Gasteiger charge is -2.19.